The Kier molecular flexibility index (Phi) is 7.50. The molecule has 3 heteroatoms. The van der Waals surface area contributed by atoms with Crippen molar-refractivity contribution in [1.29, 1.82) is 0 Å². The fourth-order valence-electron chi connectivity index (χ4n) is 2.18. The van der Waals surface area contributed by atoms with Gasteiger partial charge in [-0.05, 0) is 32.2 Å². The third-order valence-corrected chi connectivity index (χ3v) is 4.85. The molecule has 0 aromatic heterocycles. The molecule has 96 valence electrons. The van der Waals surface area contributed by atoms with Gasteiger partial charge in [-0.3, -0.25) is 0 Å². The summed E-state index contributed by atoms with van der Waals surface area (Å²) in [4.78, 5) is 0. The van der Waals surface area contributed by atoms with E-state index in [0.29, 0.717) is 6.04 Å². The van der Waals surface area contributed by atoms with Gasteiger partial charge in [0, 0.05) is 29.8 Å². The number of thioether (sulfide) groups is 1. The van der Waals surface area contributed by atoms with Crippen LogP contribution in [0.25, 0.3) is 0 Å². The van der Waals surface area contributed by atoms with Gasteiger partial charge in [-0.1, -0.05) is 20.8 Å². The molecule has 0 saturated carbocycles. The van der Waals surface area contributed by atoms with Gasteiger partial charge in [0.15, 0.2) is 0 Å². The molecule has 0 bridgehead atoms. The minimum Gasteiger partial charge on any atom is -0.381 e. The third-order valence-electron chi connectivity index (χ3n) is 3.24. The van der Waals surface area contributed by atoms with Crippen molar-refractivity contribution in [2.75, 3.05) is 19.8 Å². The van der Waals surface area contributed by atoms with E-state index in [1.54, 1.807) is 0 Å². The number of rotatable bonds is 7. The molecule has 16 heavy (non-hydrogen) atoms. The van der Waals surface area contributed by atoms with E-state index >= 15 is 0 Å². The lowest BCUT2D eigenvalue weighted by Gasteiger charge is -2.29. The molecule has 0 amide bonds. The van der Waals surface area contributed by atoms with E-state index in [1.165, 1.54) is 25.7 Å². The van der Waals surface area contributed by atoms with Crippen LogP contribution in [0, 0.1) is 0 Å². The smallest absolute Gasteiger partial charge is 0.0476 e. The highest BCUT2D eigenvalue weighted by molar-refractivity contribution is 8.00. The molecular formula is C13H27NOS. The van der Waals surface area contributed by atoms with Gasteiger partial charge in [0.1, 0.15) is 0 Å². The Bertz CT molecular complexity index is 171. The Morgan fingerprint density at radius 2 is 2.00 bits per heavy atom. The zero-order valence-corrected chi connectivity index (χ0v) is 11.8. The molecule has 0 spiro atoms. The number of nitrogens with one attached hydrogen (secondary N) is 1. The van der Waals surface area contributed by atoms with Crippen LogP contribution in [0.15, 0.2) is 0 Å². The van der Waals surface area contributed by atoms with E-state index in [1.807, 2.05) is 0 Å². The van der Waals surface area contributed by atoms with Crippen molar-refractivity contribution in [3.63, 3.8) is 0 Å². The van der Waals surface area contributed by atoms with Crippen LogP contribution < -0.4 is 5.32 Å². The number of hydrogen-bond donors (Lipinski definition) is 1. The standard InChI is InChI=1S/C13H27NOS/c1-4-8-14-13(5-2)11(3)16-12-6-9-15-10-7-12/h11-14H,4-10H2,1-3H3. The van der Waals surface area contributed by atoms with Crippen LogP contribution in [-0.4, -0.2) is 36.3 Å². The molecule has 1 aliphatic heterocycles. The topological polar surface area (TPSA) is 21.3 Å². The van der Waals surface area contributed by atoms with Crippen molar-refractivity contribution in [2.45, 2.75) is 63.0 Å². The molecule has 1 fully saturated rings. The van der Waals surface area contributed by atoms with Crippen LogP contribution in [0.3, 0.4) is 0 Å². The average Bonchev–Trinajstić information content (AvgIpc) is 2.31. The quantitative estimate of drug-likeness (QED) is 0.745. The summed E-state index contributed by atoms with van der Waals surface area (Å²) in [5.41, 5.74) is 0. The number of hydrogen-bond acceptors (Lipinski definition) is 3. The van der Waals surface area contributed by atoms with Gasteiger partial charge in [0.2, 0.25) is 0 Å². The Balaban J connectivity index is 2.26. The van der Waals surface area contributed by atoms with Crippen LogP contribution in [0.5, 0.6) is 0 Å². The second-order valence-corrected chi connectivity index (χ2v) is 6.30. The minimum atomic E-state index is 0.674. The molecule has 2 unspecified atom stereocenters. The summed E-state index contributed by atoms with van der Waals surface area (Å²) in [5, 5.41) is 5.20. The monoisotopic (exact) mass is 245 g/mol. The SMILES string of the molecule is CCCNC(CC)C(C)SC1CCOCC1. The minimum absolute atomic E-state index is 0.674. The molecule has 2 atom stereocenters. The predicted octanol–water partition coefficient (Wildman–Crippen LogP) is 3.07. The van der Waals surface area contributed by atoms with Gasteiger partial charge in [-0.15, -0.1) is 0 Å². The first-order chi connectivity index (χ1) is 7.77. The van der Waals surface area contributed by atoms with Gasteiger partial charge in [-0.2, -0.15) is 11.8 Å². The zero-order chi connectivity index (χ0) is 11.8. The summed E-state index contributed by atoms with van der Waals surface area (Å²) in [6.45, 7) is 9.96. The highest BCUT2D eigenvalue weighted by Gasteiger charge is 2.21. The summed E-state index contributed by atoms with van der Waals surface area (Å²) < 4.78 is 5.40. The van der Waals surface area contributed by atoms with Crippen LogP contribution >= 0.6 is 11.8 Å². The fraction of sp³-hybridized carbons (Fsp3) is 1.00. The Morgan fingerprint density at radius 3 is 2.56 bits per heavy atom. The highest BCUT2D eigenvalue weighted by Crippen LogP contribution is 2.28. The van der Waals surface area contributed by atoms with Gasteiger partial charge in [0.05, 0.1) is 0 Å². The van der Waals surface area contributed by atoms with Crippen molar-refractivity contribution in [3.05, 3.63) is 0 Å². The fourth-order valence-corrected chi connectivity index (χ4v) is 3.73. The van der Waals surface area contributed by atoms with E-state index in [-0.39, 0.29) is 0 Å². The maximum absolute atomic E-state index is 5.40. The van der Waals surface area contributed by atoms with Crippen LogP contribution in [0.4, 0.5) is 0 Å². The molecule has 1 heterocycles. The molecule has 2 nitrogen and oxygen atoms in total. The number of ether oxygens (including phenoxy) is 1. The summed E-state index contributed by atoms with van der Waals surface area (Å²) in [7, 11) is 0. The van der Waals surface area contributed by atoms with E-state index in [4.69, 9.17) is 4.74 Å². The highest BCUT2D eigenvalue weighted by atomic mass is 32.2. The van der Waals surface area contributed by atoms with E-state index in [2.05, 4.69) is 37.8 Å². The van der Waals surface area contributed by atoms with E-state index in [0.717, 1.165) is 30.3 Å². The molecule has 0 aromatic rings. The third kappa shape index (κ3) is 5.07. The van der Waals surface area contributed by atoms with Gasteiger partial charge in [-0.25, -0.2) is 0 Å². The second-order valence-electron chi connectivity index (χ2n) is 4.62. The maximum Gasteiger partial charge on any atom is 0.0476 e. The van der Waals surface area contributed by atoms with E-state index < -0.39 is 0 Å². The molecule has 1 saturated heterocycles. The summed E-state index contributed by atoms with van der Waals surface area (Å²) in [5.74, 6) is 0. The van der Waals surface area contributed by atoms with Gasteiger partial charge in [0.25, 0.3) is 0 Å². The normalized spacial score (nSPS) is 21.9. The van der Waals surface area contributed by atoms with Crippen LogP contribution in [-0.2, 0) is 4.74 Å². The molecule has 0 aromatic carbocycles. The average molecular weight is 245 g/mol. The Morgan fingerprint density at radius 1 is 1.31 bits per heavy atom. The first-order valence-electron chi connectivity index (χ1n) is 6.74. The second kappa shape index (κ2) is 8.37. The van der Waals surface area contributed by atoms with E-state index in [9.17, 15) is 0 Å². The molecule has 1 rings (SSSR count). The first-order valence-corrected chi connectivity index (χ1v) is 7.68. The summed E-state index contributed by atoms with van der Waals surface area (Å²) in [6.07, 6.45) is 4.93. The van der Waals surface area contributed by atoms with Crippen LogP contribution in [0.2, 0.25) is 0 Å². The lowest BCUT2D eigenvalue weighted by atomic mass is 10.1. The summed E-state index contributed by atoms with van der Waals surface area (Å²) in [6, 6.07) is 0.674. The van der Waals surface area contributed by atoms with Crippen molar-refractivity contribution in [1.82, 2.24) is 5.32 Å². The lowest BCUT2D eigenvalue weighted by molar-refractivity contribution is 0.0999. The van der Waals surface area contributed by atoms with Crippen molar-refractivity contribution in [2.24, 2.45) is 0 Å². The van der Waals surface area contributed by atoms with Gasteiger partial charge >= 0.3 is 0 Å². The molecule has 0 radical (unpaired) electrons. The summed E-state index contributed by atoms with van der Waals surface area (Å²) >= 11 is 2.16. The zero-order valence-electron chi connectivity index (χ0n) is 11.0. The lowest BCUT2D eigenvalue weighted by Crippen LogP contribution is -2.38. The maximum atomic E-state index is 5.40. The molecule has 0 aliphatic carbocycles. The van der Waals surface area contributed by atoms with Crippen LogP contribution in [0.1, 0.15) is 46.5 Å². The Labute approximate surface area is 105 Å². The molecule has 1 N–H and O–H groups in total. The van der Waals surface area contributed by atoms with Crippen molar-refractivity contribution < 1.29 is 4.74 Å². The first kappa shape index (κ1) is 14.3. The van der Waals surface area contributed by atoms with Crippen molar-refractivity contribution >= 4 is 11.8 Å². The molecular weight excluding hydrogens is 218 g/mol. The molecule has 1 aliphatic rings. The predicted molar refractivity (Wildman–Crippen MR) is 73.3 cm³/mol. The van der Waals surface area contributed by atoms with Crippen molar-refractivity contribution in [3.8, 4) is 0 Å². The van der Waals surface area contributed by atoms with Gasteiger partial charge < -0.3 is 10.1 Å². The Hall–Kier alpha value is 0.270. The largest absolute Gasteiger partial charge is 0.381 e.